The van der Waals surface area contributed by atoms with E-state index in [4.69, 9.17) is 16.9 Å². The van der Waals surface area contributed by atoms with Crippen LogP contribution in [0.4, 0.5) is 0 Å². The molecule has 0 spiro atoms. The number of carbonyl (C=O) groups is 1. The molecule has 0 rings (SSSR count). The summed E-state index contributed by atoms with van der Waals surface area (Å²) in [5, 5.41) is 7.45. The summed E-state index contributed by atoms with van der Waals surface area (Å²) >= 11 is 4.91. The van der Waals surface area contributed by atoms with Crippen molar-refractivity contribution in [1.82, 2.24) is 0 Å². The van der Waals surface area contributed by atoms with E-state index in [-0.39, 0.29) is 13.2 Å². The smallest absolute Gasteiger partial charge is 0.247 e. The predicted molar refractivity (Wildman–Crippen MR) is 31.9 cm³/mol. The maximum absolute atomic E-state index is 9.96. The standard InChI is InChI=1S/C5H6ClNO2/c6-5(8)4-9-3-1-2-7/h1,3-4H2. The Morgan fingerprint density at radius 2 is 2.44 bits per heavy atom. The fourth-order valence-corrected chi connectivity index (χ4v) is 0.347. The number of halogens is 1. The number of carbonyl (C=O) groups excluding carboxylic acids is 1. The van der Waals surface area contributed by atoms with Crippen molar-refractivity contribution in [2.45, 2.75) is 6.42 Å². The Labute approximate surface area is 58.2 Å². The van der Waals surface area contributed by atoms with Crippen molar-refractivity contribution < 1.29 is 9.53 Å². The first kappa shape index (κ1) is 8.41. The minimum Gasteiger partial charge on any atom is -0.371 e. The van der Waals surface area contributed by atoms with E-state index >= 15 is 0 Å². The number of nitriles is 1. The van der Waals surface area contributed by atoms with Gasteiger partial charge in [0.25, 0.3) is 0 Å². The molecule has 0 unspecified atom stereocenters. The molecule has 9 heavy (non-hydrogen) atoms. The topological polar surface area (TPSA) is 50.1 Å². The van der Waals surface area contributed by atoms with Crippen LogP contribution in [0.3, 0.4) is 0 Å². The monoisotopic (exact) mass is 147 g/mol. The van der Waals surface area contributed by atoms with Gasteiger partial charge >= 0.3 is 0 Å². The second kappa shape index (κ2) is 5.54. The molecule has 0 aliphatic carbocycles. The number of hydrogen-bond donors (Lipinski definition) is 0. The molecule has 0 bridgehead atoms. The van der Waals surface area contributed by atoms with Crippen molar-refractivity contribution >= 4 is 16.8 Å². The van der Waals surface area contributed by atoms with Gasteiger partial charge < -0.3 is 4.74 Å². The molecular formula is C5H6ClNO2. The van der Waals surface area contributed by atoms with Gasteiger partial charge in [0.05, 0.1) is 19.1 Å². The zero-order valence-corrected chi connectivity index (χ0v) is 5.52. The minimum atomic E-state index is -0.534. The van der Waals surface area contributed by atoms with Crippen LogP contribution in [0.25, 0.3) is 0 Å². The Balaban J connectivity index is 2.94. The molecule has 0 heterocycles. The van der Waals surface area contributed by atoms with Crippen molar-refractivity contribution in [3.05, 3.63) is 0 Å². The first-order valence-corrected chi connectivity index (χ1v) is 2.78. The molecule has 4 heteroatoms. The van der Waals surface area contributed by atoms with E-state index in [0.29, 0.717) is 6.42 Å². The van der Waals surface area contributed by atoms with Gasteiger partial charge in [0.1, 0.15) is 6.61 Å². The number of rotatable bonds is 4. The Bertz CT molecular complexity index is 129. The zero-order valence-electron chi connectivity index (χ0n) is 4.76. The van der Waals surface area contributed by atoms with Gasteiger partial charge in [0.2, 0.25) is 5.24 Å². The summed E-state index contributed by atoms with van der Waals surface area (Å²) in [5.41, 5.74) is 0. The van der Waals surface area contributed by atoms with Crippen LogP contribution < -0.4 is 0 Å². The maximum Gasteiger partial charge on any atom is 0.247 e. The summed E-state index contributed by atoms with van der Waals surface area (Å²) < 4.78 is 4.63. The minimum absolute atomic E-state index is 0.108. The molecule has 0 atom stereocenters. The van der Waals surface area contributed by atoms with Crippen LogP contribution in [-0.4, -0.2) is 18.5 Å². The van der Waals surface area contributed by atoms with Crippen molar-refractivity contribution in [2.24, 2.45) is 0 Å². The van der Waals surface area contributed by atoms with Crippen LogP contribution in [0.5, 0.6) is 0 Å². The predicted octanol–water partition coefficient (Wildman–Crippen LogP) is 0.682. The van der Waals surface area contributed by atoms with Gasteiger partial charge in [-0.2, -0.15) is 5.26 Å². The van der Waals surface area contributed by atoms with Gasteiger partial charge in [-0.1, -0.05) is 0 Å². The van der Waals surface area contributed by atoms with E-state index in [1.54, 1.807) is 0 Å². The van der Waals surface area contributed by atoms with E-state index in [1.807, 2.05) is 6.07 Å². The second-order valence-electron chi connectivity index (χ2n) is 1.32. The quantitative estimate of drug-likeness (QED) is 0.434. The van der Waals surface area contributed by atoms with Gasteiger partial charge in [0.15, 0.2) is 0 Å². The Hall–Kier alpha value is -0.590. The molecule has 0 aromatic carbocycles. The fraction of sp³-hybridized carbons (Fsp3) is 0.600. The van der Waals surface area contributed by atoms with Crippen LogP contribution in [-0.2, 0) is 9.53 Å². The van der Waals surface area contributed by atoms with Gasteiger partial charge in [-0.05, 0) is 11.6 Å². The molecule has 50 valence electrons. The summed E-state index contributed by atoms with van der Waals surface area (Å²) in [5.74, 6) is 0. The highest BCUT2D eigenvalue weighted by atomic mass is 35.5. The first-order chi connectivity index (χ1) is 4.27. The molecule has 0 saturated heterocycles. The lowest BCUT2D eigenvalue weighted by atomic mass is 10.5. The van der Waals surface area contributed by atoms with Gasteiger partial charge in [0, 0.05) is 0 Å². The molecule has 0 saturated carbocycles. The lowest BCUT2D eigenvalue weighted by Crippen LogP contribution is -2.01. The molecule has 0 N–H and O–H groups in total. The molecule has 0 aliphatic heterocycles. The molecular weight excluding hydrogens is 142 g/mol. The van der Waals surface area contributed by atoms with Gasteiger partial charge in [-0.25, -0.2) is 0 Å². The van der Waals surface area contributed by atoms with Crippen LogP contribution in [0.2, 0.25) is 0 Å². The Morgan fingerprint density at radius 3 is 2.89 bits per heavy atom. The number of hydrogen-bond acceptors (Lipinski definition) is 3. The molecule has 0 aromatic rings. The van der Waals surface area contributed by atoms with Crippen LogP contribution >= 0.6 is 11.6 Å². The van der Waals surface area contributed by atoms with E-state index in [1.165, 1.54) is 0 Å². The Morgan fingerprint density at radius 1 is 1.78 bits per heavy atom. The average Bonchev–Trinajstić information content (AvgIpc) is 1.80. The lowest BCUT2D eigenvalue weighted by Gasteiger charge is -1.92. The fourth-order valence-electron chi connectivity index (χ4n) is 0.270. The highest BCUT2D eigenvalue weighted by Gasteiger charge is 1.93. The van der Waals surface area contributed by atoms with E-state index in [2.05, 4.69) is 4.74 Å². The number of ether oxygens (including phenoxy) is 1. The SMILES string of the molecule is N#CCCOCC(=O)Cl. The Kier molecular flexibility index (Phi) is 5.18. The lowest BCUT2D eigenvalue weighted by molar-refractivity contribution is -0.115. The summed E-state index contributed by atoms with van der Waals surface area (Å²) in [6.45, 7) is 0.165. The maximum atomic E-state index is 9.96. The summed E-state index contributed by atoms with van der Waals surface area (Å²) in [6, 6.07) is 1.86. The largest absolute Gasteiger partial charge is 0.371 e. The van der Waals surface area contributed by atoms with Crippen LogP contribution in [0.15, 0.2) is 0 Å². The molecule has 3 nitrogen and oxygen atoms in total. The van der Waals surface area contributed by atoms with Gasteiger partial charge in [-0.15, -0.1) is 0 Å². The highest BCUT2D eigenvalue weighted by molar-refractivity contribution is 6.63. The van der Waals surface area contributed by atoms with Crippen molar-refractivity contribution in [1.29, 1.82) is 5.26 Å². The van der Waals surface area contributed by atoms with E-state index in [0.717, 1.165) is 0 Å². The molecule has 0 fully saturated rings. The summed E-state index contributed by atoms with van der Waals surface area (Å²) in [6.07, 6.45) is 0.296. The van der Waals surface area contributed by atoms with Crippen molar-refractivity contribution in [3.63, 3.8) is 0 Å². The number of nitrogens with zero attached hydrogens (tertiary/aromatic N) is 1. The normalized spacial score (nSPS) is 8.44. The zero-order chi connectivity index (χ0) is 7.11. The molecule has 0 aliphatic rings. The second-order valence-corrected chi connectivity index (χ2v) is 1.74. The summed E-state index contributed by atoms with van der Waals surface area (Å²) in [4.78, 5) is 9.96. The third-order valence-corrected chi connectivity index (χ3v) is 0.683. The molecule has 0 radical (unpaired) electrons. The highest BCUT2D eigenvalue weighted by Crippen LogP contribution is 1.83. The van der Waals surface area contributed by atoms with Crippen LogP contribution in [0, 0.1) is 11.3 Å². The third-order valence-electron chi connectivity index (χ3n) is 0.574. The van der Waals surface area contributed by atoms with Gasteiger partial charge in [-0.3, -0.25) is 4.79 Å². The van der Waals surface area contributed by atoms with E-state index in [9.17, 15) is 4.79 Å². The van der Waals surface area contributed by atoms with Crippen molar-refractivity contribution in [2.75, 3.05) is 13.2 Å². The molecule has 0 aromatic heterocycles. The molecule has 0 amide bonds. The third kappa shape index (κ3) is 7.41. The van der Waals surface area contributed by atoms with Crippen LogP contribution in [0.1, 0.15) is 6.42 Å². The van der Waals surface area contributed by atoms with E-state index < -0.39 is 5.24 Å². The first-order valence-electron chi connectivity index (χ1n) is 2.40. The van der Waals surface area contributed by atoms with Crippen molar-refractivity contribution in [3.8, 4) is 6.07 Å². The average molecular weight is 148 g/mol. The summed E-state index contributed by atoms with van der Waals surface area (Å²) in [7, 11) is 0.